The van der Waals surface area contributed by atoms with Crippen molar-refractivity contribution in [2.45, 2.75) is 39.7 Å². The van der Waals surface area contributed by atoms with Crippen molar-refractivity contribution in [2.75, 3.05) is 30.4 Å². The molecule has 1 aromatic heterocycles. The summed E-state index contributed by atoms with van der Waals surface area (Å²) in [7, 11) is 1.80. The minimum Gasteiger partial charge on any atom is -0.463 e. The van der Waals surface area contributed by atoms with E-state index in [1.807, 2.05) is 0 Å². The molecule has 0 radical (unpaired) electrons. The van der Waals surface area contributed by atoms with Gasteiger partial charge in [0.2, 0.25) is 11.9 Å². The summed E-state index contributed by atoms with van der Waals surface area (Å²) in [6, 6.07) is 0.865. The summed E-state index contributed by atoms with van der Waals surface area (Å²) in [5.74, 6) is 1.94. The van der Waals surface area contributed by atoms with Crippen molar-refractivity contribution in [3.05, 3.63) is 0 Å². The average Bonchev–Trinajstić information content (AvgIpc) is 2.75. The van der Waals surface area contributed by atoms with Gasteiger partial charge in [-0.2, -0.15) is 15.0 Å². The summed E-state index contributed by atoms with van der Waals surface area (Å²) in [4.78, 5) is 15.3. The Bertz CT molecular complexity index is 425. The van der Waals surface area contributed by atoms with Gasteiger partial charge in [0.25, 0.3) is 0 Å². The molecule has 1 aliphatic rings. The molecule has 0 aromatic carbocycles. The highest BCUT2D eigenvalue weighted by Gasteiger charge is 2.28. The molecular formula is C13H23N5O. The van der Waals surface area contributed by atoms with Crippen molar-refractivity contribution in [1.29, 1.82) is 0 Å². The zero-order chi connectivity index (χ0) is 13.8. The van der Waals surface area contributed by atoms with Gasteiger partial charge < -0.3 is 15.0 Å². The lowest BCUT2D eigenvalue weighted by atomic mass is 10.1. The zero-order valence-corrected chi connectivity index (χ0v) is 12.2. The van der Waals surface area contributed by atoms with Crippen LogP contribution in [0.4, 0.5) is 11.9 Å². The van der Waals surface area contributed by atoms with Gasteiger partial charge in [-0.1, -0.05) is 13.8 Å². The maximum atomic E-state index is 5.53. The van der Waals surface area contributed by atoms with Gasteiger partial charge in [0.1, 0.15) is 0 Å². The van der Waals surface area contributed by atoms with Gasteiger partial charge in [-0.25, -0.2) is 0 Å². The molecule has 0 saturated carbocycles. The molecule has 2 unspecified atom stereocenters. The molecular weight excluding hydrogens is 242 g/mol. The van der Waals surface area contributed by atoms with Gasteiger partial charge in [0, 0.05) is 19.6 Å². The van der Waals surface area contributed by atoms with E-state index in [4.69, 9.17) is 4.74 Å². The fourth-order valence-corrected chi connectivity index (χ4v) is 2.42. The topological polar surface area (TPSA) is 63.2 Å². The summed E-state index contributed by atoms with van der Waals surface area (Å²) in [5, 5.41) is 2.96. The average molecular weight is 265 g/mol. The highest BCUT2D eigenvalue weighted by molar-refractivity contribution is 5.40. The molecule has 1 N–H and O–H groups in total. The van der Waals surface area contributed by atoms with Crippen LogP contribution in [0.15, 0.2) is 0 Å². The van der Waals surface area contributed by atoms with Crippen molar-refractivity contribution in [2.24, 2.45) is 5.92 Å². The smallest absolute Gasteiger partial charge is 0.323 e. The quantitative estimate of drug-likeness (QED) is 0.877. The third-order valence-electron chi connectivity index (χ3n) is 3.30. The van der Waals surface area contributed by atoms with E-state index in [1.54, 1.807) is 7.05 Å². The Morgan fingerprint density at radius 1 is 1.32 bits per heavy atom. The molecule has 2 rings (SSSR count). The largest absolute Gasteiger partial charge is 0.463 e. The van der Waals surface area contributed by atoms with E-state index in [-0.39, 0.29) is 0 Å². The van der Waals surface area contributed by atoms with Gasteiger partial charge in [0.05, 0.1) is 6.61 Å². The lowest BCUT2D eigenvalue weighted by molar-refractivity contribution is 0.292. The summed E-state index contributed by atoms with van der Waals surface area (Å²) in [5.41, 5.74) is 0. The maximum absolute atomic E-state index is 5.53. The number of hydrogen-bond acceptors (Lipinski definition) is 6. The SMILES string of the molecule is CCCOc1nc(NC)nc(N2CC(C)CC2C)n1. The first kappa shape index (κ1) is 13.8. The van der Waals surface area contributed by atoms with Crippen LogP contribution in [-0.4, -0.2) is 41.2 Å². The van der Waals surface area contributed by atoms with Gasteiger partial charge in [-0.3, -0.25) is 0 Å². The minimum atomic E-state index is 0.406. The lowest BCUT2D eigenvalue weighted by Gasteiger charge is -2.21. The predicted molar refractivity (Wildman–Crippen MR) is 75.7 cm³/mol. The Kier molecular flexibility index (Phi) is 4.39. The standard InChI is InChI=1S/C13H23N5O/c1-5-6-19-13-16-11(14-4)15-12(17-13)18-8-9(2)7-10(18)3/h9-10H,5-8H2,1-4H3,(H,14,15,16,17). The van der Waals surface area contributed by atoms with E-state index in [0.29, 0.717) is 36.5 Å². The molecule has 1 fully saturated rings. The van der Waals surface area contributed by atoms with Crippen LogP contribution in [0.3, 0.4) is 0 Å². The summed E-state index contributed by atoms with van der Waals surface area (Å²) < 4.78 is 5.53. The van der Waals surface area contributed by atoms with Gasteiger partial charge >= 0.3 is 6.01 Å². The van der Waals surface area contributed by atoms with Gasteiger partial charge in [-0.15, -0.1) is 0 Å². The van der Waals surface area contributed by atoms with E-state index >= 15 is 0 Å². The number of nitrogens with zero attached hydrogens (tertiary/aromatic N) is 4. The molecule has 1 saturated heterocycles. The number of rotatable bonds is 5. The first-order valence-electron chi connectivity index (χ1n) is 6.97. The van der Waals surface area contributed by atoms with Crippen LogP contribution in [0.1, 0.15) is 33.6 Å². The number of nitrogens with one attached hydrogen (secondary N) is 1. The lowest BCUT2D eigenvalue weighted by Crippen LogP contribution is -2.29. The Labute approximate surface area is 114 Å². The number of aromatic nitrogens is 3. The second kappa shape index (κ2) is 6.04. The van der Waals surface area contributed by atoms with Crippen LogP contribution in [0.25, 0.3) is 0 Å². The van der Waals surface area contributed by atoms with Gasteiger partial charge in [-0.05, 0) is 25.7 Å². The van der Waals surface area contributed by atoms with Crippen LogP contribution >= 0.6 is 0 Å². The van der Waals surface area contributed by atoms with E-state index in [9.17, 15) is 0 Å². The van der Waals surface area contributed by atoms with Crippen molar-refractivity contribution >= 4 is 11.9 Å². The van der Waals surface area contributed by atoms with Gasteiger partial charge in [0.15, 0.2) is 0 Å². The predicted octanol–water partition coefficient (Wildman–Crippen LogP) is 1.94. The van der Waals surface area contributed by atoms with Crippen LogP contribution in [0.5, 0.6) is 6.01 Å². The van der Waals surface area contributed by atoms with Crippen LogP contribution in [0.2, 0.25) is 0 Å². The molecule has 0 aliphatic carbocycles. The molecule has 1 aromatic rings. The van der Waals surface area contributed by atoms with E-state index in [1.165, 1.54) is 6.42 Å². The molecule has 19 heavy (non-hydrogen) atoms. The molecule has 2 heterocycles. The fourth-order valence-electron chi connectivity index (χ4n) is 2.42. The number of ether oxygens (including phenoxy) is 1. The molecule has 6 nitrogen and oxygen atoms in total. The Morgan fingerprint density at radius 3 is 2.68 bits per heavy atom. The molecule has 6 heteroatoms. The van der Waals surface area contributed by atoms with E-state index in [2.05, 4.69) is 45.9 Å². The van der Waals surface area contributed by atoms with E-state index < -0.39 is 0 Å². The molecule has 2 atom stereocenters. The van der Waals surface area contributed by atoms with Crippen LogP contribution in [0, 0.1) is 5.92 Å². The molecule has 0 bridgehead atoms. The third kappa shape index (κ3) is 3.24. The minimum absolute atomic E-state index is 0.406. The maximum Gasteiger partial charge on any atom is 0.323 e. The number of hydrogen-bond donors (Lipinski definition) is 1. The summed E-state index contributed by atoms with van der Waals surface area (Å²) >= 11 is 0. The Balaban J connectivity index is 2.23. The van der Waals surface area contributed by atoms with Crippen LogP contribution < -0.4 is 15.0 Å². The second-order valence-electron chi connectivity index (χ2n) is 5.18. The highest BCUT2D eigenvalue weighted by Crippen LogP contribution is 2.27. The molecule has 0 amide bonds. The fraction of sp³-hybridized carbons (Fsp3) is 0.769. The normalized spacial score (nSPS) is 22.6. The monoisotopic (exact) mass is 265 g/mol. The Morgan fingerprint density at radius 2 is 2.11 bits per heavy atom. The first-order chi connectivity index (χ1) is 9.13. The van der Waals surface area contributed by atoms with Crippen molar-refractivity contribution in [3.8, 4) is 6.01 Å². The number of anilines is 2. The second-order valence-corrected chi connectivity index (χ2v) is 5.18. The zero-order valence-electron chi connectivity index (χ0n) is 12.2. The third-order valence-corrected chi connectivity index (χ3v) is 3.30. The molecule has 1 aliphatic heterocycles. The first-order valence-corrected chi connectivity index (χ1v) is 6.97. The Hall–Kier alpha value is -1.59. The van der Waals surface area contributed by atoms with E-state index in [0.717, 1.165) is 13.0 Å². The summed E-state index contributed by atoms with van der Waals surface area (Å²) in [6.45, 7) is 8.13. The highest BCUT2D eigenvalue weighted by atomic mass is 16.5. The molecule has 0 spiro atoms. The molecule has 106 valence electrons. The van der Waals surface area contributed by atoms with Crippen molar-refractivity contribution in [1.82, 2.24) is 15.0 Å². The van der Waals surface area contributed by atoms with Crippen molar-refractivity contribution in [3.63, 3.8) is 0 Å². The van der Waals surface area contributed by atoms with Crippen molar-refractivity contribution < 1.29 is 4.74 Å². The van der Waals surface area contributed by atoms with Crippen LogP contribution in [-0.2, 0) is 0 Å². The summed E-state index contributed by atoms with van der Waals surface area (Å²) in [6.07, 6.45) is 2.11.